The molecule has 0 spiro atoms. The van der Waals surface area contributed by atoms with Gasteiger partial charge in [-0.1, -0.05) is 0 Å². The fraction of sp³-hybridized carbons (Fsp3) is 0.222. The molecule has 0 unspecified atom stereocenters. The van der Waals surface area contributed by atoms with Gasteiger partial charge in [-0.3, -0.25) is 0 Å². The summed E-state index contributed by atoms with van der Waals surface area (Å²) >= 11 is 0.0484. The molecule has 0 amide bonds. The van der Waals surface area contributed by atoms with Crippen molar-refractivity contribution in [3.8, 4) is 11.3 Å². The van der Waals surface area contributed by atoms with E-state index < -0.39 is 13.3 Å². The number of benzene rings is 3. The number of thiophene rings is 1. The average molecular weight is 470 g/mol. The summed E-state index contributed by atoms with van der Waals surface area (Å²) < 4.78 is 4.28. The van der Waals surface area contributed by atoms with Crippen LogP contribution >= 0.6 is 11.3 Å². The molecule has 0 radical (unpaired) electrons. The van der Waals surface area contributed by atoms with Gasteiger partial charge in [0.1, 0.15) is 0 Å². The third-order valence-electron chi connectivity index (χ3n) is 6.04. The molecule has 1 nitrogen and oxygen atoms in total. The van der Waals surface area contributed by atoms with Crippen molar-refractivity contribution in [2.24, 2.45) is 0 Å². The summed E-state index contributed by atoms with van der Waals surface area (Å²) in [6.45, 7) is 4.55. The number of nitrogens with zero attached hydrogens (tertiary/aromatic N) is 1. The van der Waals surface area contributed by atoms with E-state index in [2.05, 4.69) is 91.8 Å². The molecule has 0 atom stereocenters. The number of rotatable bonds is 3. The second kappa shape index (κ2) is 7.21. The zero-order valence-electron chi connectivity index (χ0n) is 18.3. The first kappa shape index (κ1) is 19.8. The Morgan fingerprint density at radius 1 is 0.833 bits per heavy atom. The molecule has 0 saturated heterocycles. The monoisotopic (exact) mass is 471 g/mol. The second-order valence-corrected chi connectivity index (χ2v) is 21.3. The molecule has 0 fully saturated rings. The molecule has 5 rings (SSSR count). The summed E-state index contributed by atoms with van der Waals surface area (Å²) in [4.78, 5) is 4.90. The molecule has 30 heavy (non-hydrogen) atoms. The second-order valence-electron chi connectivity index (χ2n) is 9.54. The molecule has 2 heterocycles. The van der Waals surface area contributed by atoms with Crippen molar-refractivity contribution in [1.29, 1.82) is 0 Å². The summed E-state index contributed by atoms with van der Waals surface area (Å²) in [6, 6.07) is 22.7. The zero-order valence-corrected chi connectivity index (χ0v) is 21.2. The molecule has 0 N–H and O–H groups in total. The van der Waals surface area contributed by atoms with Gasteiger partial charge in [-0.25, -0.2) is 0 Å². The number of aromatic nitrogens is 1. The van der Waals surface area contributed by atoms with Gasteiger partial charge >= 0.3 is 186 Å². The molecule has 0 saturated carbocycles. The maximum absolute atomic E-state index is 4.90. The van der Waals surface area contributed by atoms with E-state index in [0.29, 0.717) is 5.92 Å². The molecule has 3 aromatic carbocycles. The van der Waals surface area contributed by atoms with E-state index in [1.54, 1.807) is 4.40 Å². The molecular weight excluding hydrogens is 443 g/mol. The Morgan fingerprint density at radius 2 is 1.63 bits per heavy atom. The predicted molar refractivity (Wildman–Crippen MR) is 137 cm³/mol. The topological polar surface area (TPSA) is 12.9 Å². The summed E-state index contributed by atoms with van der Waals surface area (Å²) in [6.07, 6.45) is 1.97. The van der Waals surface area contributed by atoms with Crippen LogP contribution in [0, 0.1) is 0 Å². The third-order valence-corrected chi connectivity index (χ3v) is 11.4. The van der Waals surface area contributed by atoms with Crippen molar-refractivity contribution < 1.29 is 0 Å². The minimum atomic E-state index is -1.86. The Kier molecular flexibility index (Phi) is 4.75. The fourth-order valence-electron chi connectivity index (χ4n) is 4.36. The molecule has 0 aliphatic rings. The third kappa shape index (κ3) is 3.27. The Morgan fingerprint density at radius 3 is 2.40 bits per heavy atom. The van der Waals surface area contributed by atoms with E-state index >= 15 is 0 Å². The van der Waals surface area contributed by atoms with E-state index in [1.165, 1.54) is 42.1 Å². The van der Waals surface area contributed by atoms with Crippen molar-refractivity contribution in [1.82, 2.24) is 4.98 Å². The number of hydrogen-bond acceptors (Lipinski definition) is 2. The summed E-state index contributed by atoms with van der Waals surface area (Å²) in [7, 11) is 0. The molecule has 0 aliphatic heterocycles. The van der Waals surface area contributed by atoms with Gasteiger partial charge in [0.25, 0.3) is 0 Å². The van der Waals surface area contributed by atoms with E-state index in [-0.39, 0.29) is 0 Å². The Labute approximate surface area is 185 Å². The first-order valence-corrected chi connectivity index (χ1v) is 18.8. The molecule has 0 bridgehead atoms. The summed E-state index contributed by atoms with van der Waals surface area (Å²) in [5.74, 6) is 7.85. The van der Waals surface area contributed by atoms with Crippen LogP contribution in [0.1, 0.15) is 25.3 Å². The van der Waals surface area contributed by atoms with Crippen LogP contribution < -0.4 is 4.40 Å². The van der Waals surface area contributed by atoms with Crippen LogP contribution in [-0.4, -0.2) is 18.3 Å². The van der Waals surface area contributed by atoms with Gasteiger partial charge < -0.3 is 0 Å². The van der Waals surface area contributed by atoms with Crippen LogP contribution in [0.5, 0.6) is 0 Å². The number of fused-ring (bicyclic) bond motifs is 4. The van der Waals surface area contributed by atoms with Crippen molar-refractivity contribution in [3.05, 3.63) is 72.4 Å². The van der Waals surface area contributed by atoms with Crippen LogP contribution in [0.25, 0.3) is 42.2 Å². The van der Waals surface area contributed by atoms with Crippen molar-refractivity contribution >= 4 is 59.9 Å². The Balaban J connectivity index is 1.81. The van der Waals surface area contributed by atoms with E-state index in [9.17, 15) is 0 Å². The fourth-order valence-corrected chi connectivity index (χ4v) is 8.16. The number of hydrogen-bond donors (Lipinski definition) is 0. The van der Waals surface area contributed by atoms with Gasteiger partial charge in [0, 0.05) is 0 Å². The van der Waals surface area contributed by atoms with Gasteiger partial charge in [0.15, 0.2) is 0 Å². The van der Waals surface area contributed by atoms with Crippen LogP contribution in [0.4, 0.5) is 0 Å². The average Bonchev–Trinajstić information content (AvgIpc) is 3.10. The summed E-state index contributed by atoms with van der Waals surface area (Å²) in [5, 5.41) is 5.28. The van der Waals surface area contributed by atoms with Crippen LogP contribution in [0.2, 0.25) is 17.3 Å². The molecule has 3 heteroatoms. The van der Waals surface area contributed by atoms with Crippen molar-refractivity contribution in [2.45, 2.75) is 37.0 Å². The maximum atomic E-state index is 4.90. The molecular formula is C27H27GeNS. The van der Waals surface area contributed by atoms with E-state index in [1.807, 2.05) is 17.5 Å². The van der Waals surface area contributed by atoms with Crippen LogP contribution in [-0.2, 0) is 0 Å². The zero-order chi connectivity index (χ0) is 21.0. The van der Waals surface area contributed by atoms with Crippen LogP contribution in [0.15, 0.2) is 66.9 Å². The predicted octanol–water partition coefficient (Wildman–Crippen LogP) is 7.94. The molecule has 150 valence electrons. The molecule has 0 aliphatic carbocycles. The summed E-state index contributed by atoms with van der Waals surface area (Å²) in [5.41, 5.74) is 3.72. The van der Waals surface area contributed by atoms with Crippen LogP contribution in [0.3, 0.4) is 0 Å². The van der Waals surface area contributed by atoms with Gasteiger partial charge in [-0.05, 0) is 0 Å². The Hall–Kier alpha value is -2.17. The molecule has 5 aromatic rings. The van der Waals surface area contributed by atoms with Crippen molar-refractivity contribution in [2.75, 3.05) is 0 Å². The standard InChI is InChI=1S/C27H27GeNS/c1-17(2)23-15-19(14-18-8-6-7-9-21(18)23)27-26-22-11-10-20(28(3,4)5)16-25(22)30-24(26)12-13-29-27/h6-17H,1-5H3. The van der Waals surface area contributed by atoms with E-state index in [0.717, 1.165) is 5.69 Å². The normalized spacial score (nSPS) is 12.5. The minimum absolute atomic E-state index is 0.467. The van der Waals surface area contributed by atoms with E-state index in [4.69, 9.17) is 4.98 Å². The molecule has 2 aromatic heterocycles. The first-order chi connectivity index (χ1) is 14.3. The van der Waals surface area contributed by atoms with Gasteiger partial charge in [-0.2, -0.15) is 0 Å². The Bertz CT molecular complexity index is 1410. The van der Waals surface area contributed by atoms with Gasteiger partial charge in [0.05, 0.1) is 0 Å². The number of pyridine rings is 1. The van der Waals surface area contributed by atoms with Gasteiger partial charge in [0.2, 0.25) is 0 Å². The SMILES string of the molecule is CC(C)c1cc(-c2nccc3sc4c[c]([Ge]([CH3])([CH3])[CH3])ccc4c23)cc2ccccc12. The first-order valence-electron chi connectivity index (χ1n) is 10.7. The van der Waals surface area contributed by atoms with Gasteiger partial charge in [-0.15, -0.1) is 0 Å². The van der Waals surface area contributed by atoms with Crippen molar-refractivity contribution in [3.63, 3.8) is 0 Å². The quantitative estimate of drug-likeness (QED) is 0.244.